The van der Waals surface area contributed by atoms with Crippen LogP contribution in [0.1, 0.15) is 11.4 Å². The molecule has 0 unspecified atom stereocenters. The molecule has 2 rings (SSSR count). The molecule has 6 heteroatoms. The second kappa shape index (κ2) is 4.36. The van der Waals surface area contributed by atoms with Crippen molar-refractivity contribution in [2.24, 2.45) is 0 Å². The van der Waals surface area contributed by atoms with Crippen molar-refractivity contribution in [2.45, 2.75) is 13.8 Å². The lowest BCUT2D eigenvalue weighted by molar-refractivity contribution is 0.818. The Morgan fingerprint density at radius 3 is 2.62 bits per heavy atom. The van der Waals surface area contributed by atoms with E-state index in [-0.39, 0.29) is 0 Å². The first kappa shape index (κ1) is 11.3. The van der Waals surface area contributed by atoms with Crippen LogP contribution in [-0.2, 0) is 0 Å². The molecule has 0 aromatic carbocycles. The van der Waals surface area contributed by atoms with Crippen molar-refractivity contribution in [3.05, 3.63) is 27.4 Å². The van der Waals surface area contributed by atoms with Crippen LogP contribution in [0.5, 0.6) is 0 Å². The molecule has 2 aromatic heterocycles. The van der Waals surface area contributed by atoms with E-state index < -0.39 is 0 Å². The number of hydrogen-bond donors (Lipinski definition) is 1. The number of halogens is 1. The lowest BCUT2D eigenvalue weighted by atomic mass is 10.3. The highest BCUT2D eigenvalue weighted by Crippen LogP contribution is 2.18. The van der Waals surface area contributed by atoms with Crippen molar-refractivity contribution in [3.8, 4) is 5.82 Å². The first-order valence-corrected chi connectivity index (χ1v) is 5.93. The number of anilines is 1. The van der Waals surface area contributed by atoms with Crippen LogP contribution in [0.2, 0.25) is 0 Å². The third-order valence-corrected chi connectivity index (χ3v) is 2.79. The van der Waals surface area contributed by atoms with Gasteiger partial charge in [-0.3, -0.25) is 0 Å². The second-order valence-electron chi connectivity index (χ2n) is 3.42. The summed E-state index contributed by atoms with van der Waals surface area (Å²) in [5.41, 5.74) is 0.993. The fourth-order valence-corrected chi connectivity index (χ4v) is 1.89. The van der Waals surface area contributed by atoms with Gasteiger partial charge in [0.1, 0.15) is 11.6 Å². The van der Waals surface area contributed by atoms with Crippen molar-refractivity contribution < 1.29 is 0 Å². The van der Waals surface area contributed by atoms with Gasteiger partial charge in [-0.15, -0.1) is 0 Å². The summed E-state index contributed by atoms with van der Waals surface area (Å²) in [7, 11) is 1.85. The molecule has 1 N–H and O–H groups in total. The highest BCUT2D eigenvalue weighted by atomic mass is 127. The average molecular weight is 329 g/mol. The Kier molecular flexibility index (Phi) is 3.08. The molecule has 2 heterocycles. The molecular weight excluding hydrogens is 317 g/mol. The quantitative estimate of drug-likeness (QED) is 0.856. The van der Waals surface area contributed by atoms with Crippen molar-refractivity contribution in [1.29, 1.82) is 0 Å². The number of aryl methyl sites for hydroxylation is 1. The molecule has 2 aromatic rings. The van der Waals surface area contributed by atoms with Gasteiger partial charge >= 0.3 is 0 Å². The molecule has 0 radical (unpaired) electrons. The minimum Gasteiger partial charge on any atom is -0.373 e. The van der Waals surface area contributed by atoms with Gasteiger partial charge in [-0.1, -0.05) is 0 Å². The summed E-state index contributed by atoms with van der Waals surface area (Å²) < 4.78 is 2.85. The molecule has 0 saturated carbocycles. The Morgan fingerprint density at radius 2 is 2.06 bits per heavy atom. The molecule has 0 bridgehead atoms. The summed E-state index contributed by atoms with van der Waals surface area (Å²) in [5, 5.41) is 7.31. The first-order valence-electron chi connectivity index (χ1n) is 4.85. The van der Waals surface area contributed by atoms with E-state index >= 15 is 0 Å². The Balaban J connectivity index is 2.60. The van der Waals surface area contributed by atoms with Gasteiger partial charge in [0.25, 0.3) is 0 Å². The van der Waals surface area contributed by atoms with Gasteiger partial charge in [0.05, 0.1) is 9.77 Å². The van der Waals surface area contributed by atoms with E-state index in [1.165, 1.54) is 0 Å². The summed E-state index contributed by atoms with van der Waals surface area (Å²) in [6.45, 7) is 3.85. The molecule has 84 valence electrons. The maximum absolute atomic E-state index is 4.41. The topological polar surface area (TPSA) is 55.6 Å². The van der Waals surface area contributed by atoms with Gasteiger partial charge in [0.2, 0.25) is 0 Å². The maximum atomic E-state index is 4.41. The van der Waals surface area contributed by atoms with E-state index in [1.807, 2.05) is 27.1 Å². The lowest BCUT2D eigenvalue weighted by Crippen LogP contribution is -2.08. The van der Waals surface area contributed by atoms with Crippen molar-refractivity contribution in [2.75, 3.05) is 12.4 Å². The number of nitrogens with zero attached hydrogens (tertiary/aromatic N) is 4. The predicted molar refractivity (Wildman–Crippen MR) is 70.9 cm³/mol. The average Bonchev–Trinajstić information content (AvgIpc) is 2.67. The van der Waals surface area contributed by atoms with Gasteiger partial charge in [0.15, 0.2) is 5.82 Å². The summed E-state index contributed by atoms with van der Waals surface area (Å²) in [5.74, 6) is 2.39. The lowest BCUT2D eigenvalue weighted by Gasteiger charge is -2.10. The molecule has 0 fully saturated rings. The van der Waals surface area contributed by atoms with Crippen LogP contribution in [0.25, 0.3) is 5.82 Å². The van der Waals surface area contributed by atoms with Gasteiger partial charge in [-0.25, -0.2) is 14.6 Å². The zero-order valence-corrected chi connectivity index (χ0v) is 11.5. The van der Waals surface area contributed by atoms with Crippen molar-refractivity contribution in [1.82, 2.24) is 19.7 Å². The fourth-order valence-electron chi connectivity index (χ4n) is 1.50. The Bertz CT molecular complexity index is 520. The summed E-state index contributed by atoms with van der Waals surface area (Å²) in [6, 6.07) is 0. The van der Waals surface area contributed by atoms with E-state index in [9.17, 15) is 0 Å². The number of nitrogens with one attached hydrogen (secondary N) is 1. The molecule has 0 aliphatic carbocycles. The van der Waals surface area contributed by atoms with Crippen LogP contribution in [0.3, 0.4) is 0 Å². The van der Waals surface area contributed by atoms with Crippen LogP contribution in [0, 0.1) is 17.4 Å². The van der Waals surface area contributed by atoms with E-state index in [0.29, 0.717) is 0 Å². The van der Waals surface area contributed by atoms with Crippen LogP contribution in [-0.4, -0.2) is 26.8 Å². The van der Waals surface area contributed by atoms with Gasteiger partial charge < -0.3 is 5.32 Å². The standard InChI is InChI=1S/C10H12IN5/c1-6-9(12-3)14-7(2)15-10(6)16-5-8(11)4-13-16/h4-5H,1-3H3,(H,12,14,15). The van der Waals surface area contributed by atoms with Crippen molar-refractivity contribution in [3.63, 3.8) is 0 Å². The zero-order chi connectivity index (χ0) is 11.7. The molecule has 0 aliphatic rings. The third kappa shape index (κ3) is 2.01. The molecule has 5 nitrogen and oxygen atoms in total. The Labute approximate surface area is 107 Å². The molecule has 0 atom stereocenters. The molecule has 16 heavy (non-hydrogen) atoms. The fraction of sp³-hybridized carbons (Fsp3) is 0.300. The SMILES string of the molecule is CNc1nc(C)nc(-n2cc(I)cn2)c1C. The van der Waals surface area contributed by atoms with E-state index in [2.05, 4.69) is 43.0 Å². The number of rotatable bonds is 2. The van der Waals surface area contributed by atoms with Crippen molar-refractivity contribution >= 4 is 28.4 Å². The summed E-state index contributed by atoms with van der Waals surface area (Å²) in [4.78, 5) is 8.73. The molecule has 0 amide bonds. The molecule has 0 saturated heterocycles. The minimum atomic E-state index is 0.732. The van der Waals surface area contributed by atoms with Gasteiger partial charge in [-0.2, -0.15) is 5.10 Å². The van der Waals surface area contributed by atoms with E-state index in [1.54, 1.807) is 10.9 Å². The zero-order valence-electron chi connectivity index (χ0n) is 9.32. The highest BCUT2D eigenvalue weighted by molar-refractivity contribution is 14.1. The number of hydrogen-bond acceptors (Lipinski definition) is 4. The Hall–Kier alpha value is -1.18. The van der Waals surface area contributed by atoms with E-state index in [0.717, 1.165) is 26.6 Å². The largest absolute Gasteiger partial charge is 0.373 e. The van der Waals surface area contributed by atoms with Crippen LogP contribution in [0.15, 0.2) is 12.4 Å². The molecule has 0 aliphatic heterocycles. The summed E-state index contributed by atoms with van der Waals surface area (Å²) in [6.07, 6.45) is 3.74. The normalized spacial score (nSPS) is 10.5. The van der Waals surface area contributed by atoms with Gasteiger partial charge in [-0.05, 0) is 36.4 Å². The van der Waals surface area contributed by atoms with E-state index in [4.69, 9.17) is 0 Å². The van der Waals surface area contributed by atoms with Crippen LogP contribution >= 0.6 is 22.6 Å². The first-order chi connectivity index (χ1) is 7.61. The van der Waals surface area contributed by atoms with Gasteiger partial charge in [0, 0.05) is 18.8 Å². The smallest absolute Gasteiger partial charge is 0.162 e. The molecular formula is C10H12IN5. The van der Waals surface area contributed by atoms with Crippen LogP contribution in [0.4, 0.5) is 5.82 Å². The number of aromatic nitrogens is 4. The third-order valence-electron chi connectivity index (χ3n) is 2.24. The predicted octanol–water partition coefficient (Wildman–Crippen LogP) is 1.93. The highest BCUT2D eigenvalue weighted by Gasteiger charge is 2.10. The monoisotopic (exact) mass is 329 g/mol. The molecule has 0 spiro atoms. The summed E-state index contributed by atoms with van der Waals surface area (Å²) >= 11 is 2.22. The maximum Gasteiger partial charge on any atom is 0.162 e. The second-order valence-corrected chi connectivity index (χ2v) is 4.67. The Morgan fingerprint density at radius 1 is 1.31 bits per heavy atom. The van der Waals surface area contributed by atoms with Crippen LogP contribution < -0.4 is 5.32 Å². The minimum absolute atomic E-state index is 0.732.